The van der Waals surface area contributed by atoms with E-state index in [2.05, 4.69) is 15.0 Å². The van der Waals surface area contributed by atoms with Crippen molar-refractivity contribution in [2.24, 2.45) is 4.99 Å². The van der Waals surface area contributed by atoms with Crippen LogP contribution in [-0.2, 0) is 0 Å². The maximum absolute atomic E-state index is 4.33. The van der Waals surface area contributed by atoms with Gasteiger partial charge in [-0.1, -0.05) is 11.8 Å². The number of rotatable bonds is 3. The lowest BCUT2D eigenvalue weighted by molar-refractivity contribution is 0.956. The molecule has 70 valence electrons. The van der Waals surface area contributed by atoms with Crippen molar-refractivity contribution in [2.75, 3.05) is 12.8 Å². The highest BCUT2D eigenvalue weighted by molar-refractivity contribution is 7.98. The Bertz CT molecular complexity index is 309. The van der Waals surface area contributed by atoms with Crippen LogP contribution in [0.4, 0.5) is 0 Å². The molecule has 1 aromatic rings. The van der Waals surface area contributed by atoms with E-state index in [1.54, 1.807) is 18.0 Å². The molecule has 0 unspecified atom stereocenters. The van der Waals surface area contributed by atoms with Gasteiger partial charge in [-0.25, -0.2) is 9.97 Å². The highest BCUT2D eigenvalue weighted by atomic mass is 32.2. The number of aromatic nitrogens is 2. The van der Waals surface area contributed by atoms with E-state index < -0.39 is 0 Å². The molecule has 0 saturated carbocycles. The van der Waals surface area contributed by atoms with Crippen molar-refractivity contribution >= 4 is 17.5 Å². The first-order valence-corrected chi connectivity index (χ1v) is 5.39. The third-order valence-corrected chi connectivity index (χ3v) is 2.14. The summed E-state index contributed by atoms with van der Waals surface area (Å²) in [4.78, 5) is 12.7. The maximum Gasteiger partial charge on any atom is 0.187 e. The molecule has 0 fully saturated rings. The van der Waals surface area contributed by atoms with Crippen LogP contribution in [0.3, 0.4) is 0 Å². The van der Waals surface area contributed by atoms with Crippen molar-refractivity contribution in [3.8, 4) is 0 Å². The minimum absolute atomic E-state index is 0.795. The van der Waals surface area contributed by atoms with Gasteiger partial charge in [0, 0.05) is 12.7 Å². The van der Waals surface area contributed by atoms with Gasteiger partial charge >= 0.3 is 0 Å². The Morgan fingerprint density at radius 3 is 3.00 bits per heavy atom. The number of hydrogen-bond acceptors (Lipinski definition) is 4. The lowest BCUT2D eigenvalue weighted by Gasteiger charge is -2.00. The molecule has 0 bridgehead atoms. The van der Waals surface area contributed by atoms with Crippen molar-refractivity contribution in [1.29, 1.82) is 0 Å². The first-order valence-electron chi connectivity index (χ1n) is 4.16. The molecule has 0 aromatic carbocycles. The van der Waals surface area contributed by atoms with E-state index in [0.29, 0.717) is 0 Å². The number of hydrogen-bond donors (Lipinski definition) is 0. The van der Waals surface area contributed by atoms with E-state index in [1.165, 1.54) is 0 Å². The maximum atomic E-state index is 4.33. The molecule has 1 heterocycles. The fourth-order valence-corrected chi connectivity index (χ4v) is 1.31. The average molecular weight is 195 g/mol. The average Bonchev–Trinajstić information content (AvgIpc) is 2.18. The van der Waals surface area contributed by atoms with E-state index in [9.17, 15) is 0 Å². The van der Waals surface area contributed by atoms with Crippen molar-refractivity contribution in [1.82, 2.24) is 9.97 Å². The lowest BCUT2D eigenvalue weighted by atomic mass is 10.3. The smallest absolute Gasteiger partial charge is 0.187 e. The third kappa shape index (κ3) is 2.81. The molecule has 0 spiro atoms. The second kappa shape index (κ2) is 4.97. The predicted molar refractivity (Wildman–Crippen MR) is 56.6 cm³/mol. The summed E-state index contributed by atoms with van der Waals surface area (Å²) in [6.45, 7) is 4.78. The quantitative estimate of drug-likeness (QED) is 0.421. The molecule has 1 rings (SSSR count). The zero-order valence-corrected chi connectivity index (χ0v) is 8.93. The van der Waals surface area contributed by atoms with Crippen LogP contribution in [0.2, 0.25) is 0 Å². The molecule has 1 aromatic heterocycles. The molecule has 0 amide bonds. The van der Waals surface area contributed by atoms with Crippen molar-refractivity contribution < 1.29 is 0 Å². The largest absolute Gasteiger partial charge is 0.288 e. The number of nitrogens with zero attached hydrogens (tertiary/aromatic N) is 3. The first kappa shape index (κ1) is 10.2. The Kier molecular flexibility index (Phi) is 3.89. The normalized spacial score (nSPS) is 11.8. The van der Waals surface area contributed by atoms with Crippen LogP contribution in [0, 0.1) is 0 Å². The van der Waals surface area contributed by atoms with Gasteiger partial charge in [0.05, 0.1) is 11.4 Å². The molecular weight excluding hydrogens is 182 g/mol. The van der Waals surface area contributed by atoms with Gasteiger partial charge < -0.3 is 0 Å². The van der Waals surface area contributed by atoms with Gasteiger partial charge in [-0.3, -0.25) is 4.99 Å². The summed E-state index contributed by atoms with van der Waals surface area (Å²) in [6, 6.07) is 1.88. The number of aliphatic imine (C=N–C) groups is 1. The summed E-state index contributed by atoms with van der Waals surface area (Å²) in [5.74, 6) is 0. The second-order valence-electron chi connectivity index (χ2n) is 2.49. The molecule has 0 N–H and O–H groups in total. The Morgan fingerprint density at radius 2 is 2.38 bits per heavy atom. The minimum atomic E-state index is 0.795. The Labute approximate surface area is 82.7 Å². The van der Waals surface area contributed by atoms with Crippen LogP contribution in [0.15, 0.2) is 22.4 Å². The summed E-state index contributed by atoms with van der Waals surface area (Å²) in [5, 5.41) is 0.795. The third-order valence-electron chi connectivity index (χ3n) is 1.58. The van der Waals surface area contributed by atoms with Crippen LogP contribution in [0.5, 0.6) is 0 Å². The van der Waals surface area contributed by atoms with Crippen LogP contribution in [-0.4, -0.2) is 28.5 Å². The standard InChI is InChI=1S/C9H13N3S/c1-4-10-7(2)8-5-6-11-9(12-8)13-3/h5-6H,4H2,1-3H3. The first-order chi connectivity index (χ1) is 6.27. The molecular formula is C9H13N3S. The predicted octanol–water partition coefficient (Wildman–Crippen LogP) is 2.03. The fraction of sp³-hybridized carbons (Fsp3) is 0.444. The number of thioether (sulfide) groups is 1. The van der Waals surface area contributed by atoms with Gasteiger partial charge in [0.1, 0.15) is 0 Å². The molecule has 0 aliphatic rings. The van der Waals surface area contributed by atoms with Crippen LogP contribution < -0.4 is 0 Å². The summed E-state index contributed by atoms with van der Waals surface area (Å²) >= 11 is 1.54. The van der Waals surface area contributed by atoms with E-state index in [-0.39, 0.29) is 0 Å². The monoisotopic (exact) mass is 195 g/mol. The van der Waals surface area contributed by atoms with Crippen molar-refractivity contribution in [2.45, 2.75) is 19.0 Å². The van der Waals surface area contributed by atoms with Gasteiger partial charge in [0.15, 0.2) is 5.16 Å². The molecule has 0 saturated heterocycles. The van der Waals surface area contributed by atoms with E-state index in [0.717, 1.165) is 23.1 Å². The van der Waals surface area contributed by atoms with Gasteiger partial charge in [0.25, 0.3) is 0 Å². The van der Waals surface area contributed by atoms with Gasteiger partial charge in [-0.2, -0.15) is 0 Å². The second-order valence-corrected chi connectivity index (χ2v) is 3.26. The van der Waals surface area contributed by atoms with Crippen molar-refractivity contribution in [3.05, 3.63) is 18.0 Å². The zero-order valence-electron chi connectivity index (χ0n) is 8.11. The molecule has 0 radical (unpaired) electrons. The SMILES string of the molecule is CCN=C(C)c1ccnc(SC)n1. The fourth-order valence-electron chi connectivity index (χ4n) is 0.959. The van der Waals surface area contributed by atoms with Crippen molar-refractivity contribution in [3.63, 3.8) is 0 Å². The Balaban J connectivity index is 2.94. The lowest BCUT2D eigenvalue weighted by Crippen LogP contribution is -2.00. The van der Waals surface area contributed by atoms with E-state index in [4.69, 9.17) is 0 Å². The molecule has 3 nitrogen and oxygen atoms in total. The summed E-state index contributed by atoms with van der Waals surface area (Å²) in [5.41, 5.74) is 1.89. The molecule has 4 heteroatoms. The van der Waals surface area contributed by atoms with E-state index in [1.807, 2.05) is 26.2 Å². The van der Waals surface area contributed by atoms with E-state index >= 15 is 0 Å². The highest BCUT2D eigenvalue weighted by Crippen LogP contribution is 2.08. The Hall–Kier alpha value is -0.900. The van der Waals surface area contributed by atoms with Crippen LogP contribution in [0.25, 0.3) is 0 Å². The van der Waals surface area contributed by atoms with Gasteiger partial charge in [0.2, 0.25) is 0 Å². The Morgan fingerprint density at radius 1 is 1.62 bits per heavy atom. The topological polar surface area (TPSA) is 38.1 Å². The van der Waals surface area contributed by atoms with Crippen LogP contribution in [0.1, 0.15) is 19.5 Å². The molecule has 0 aliphatic heterocycles. The van der Waals surface area contributed by atoms with Gasteiger partial charge in [-0.15, -0.1) is 0 Å². The summed E-state index contributed by atoms with van der Waals surface area (Å²) in [6.07, 6.45) is 3.73. The molecule has 13 heavy (non-hydrogen) atoms. The van der Waals surface area contributed by atoms with Crippen LogP contribution >= 0.6 is 11.8 Å². The minimum Gasteiger partial charge on any atom is -0.288 e. The highest BCUT2D eigenvalue weighted by Gasteiger charge is 2.00. The zero-order chi connectivity index (χ0) is 9.68. The molecule has 0 aliphatic carbocycles. The van der Waals surface area contributed by atoms with Gasteiger partial charge in [-0.05, 0) is 26.2 Å². The molecule has 0 atom stereocenters. The summed E-state index contributed by atoms with van der Waals surface area (Å²) < 4.78 is 0. The summed E-state index contributed by atoms with van der Waals surface area (Å²) in [7, 11) is 0.